The van der Waals surface area contributed by atoms with Crippen LogP contribution < -0.4 is 34.9 Å². The maximum atomic E-state index is 12.4. The van der Waals surface area contributed by atoms with E-state index in [9.17, 15) is 27.4 Å². The molecule has 0 radical (unpaired) electrons. The molecular weight excluding hydrogens is 734 g/mol. The van der Waals surface area contributed by atoms with Crippen molar-refractivity contribution >= 4 is 28.4 Å². The summed E-state index contributed by atoms with van der Waals surface area (Å²) in [7, 11) is -4.89. The number of hydrogen-bond donors (Lipinski definition) is 1. The van der Waals surface area contributed by atoms with E-state index in [1.54, 1.807) is 0 Å². The van der Waals surface area contributed by atoms with Gasteiger partial charge in [0.25, 0.3) is 0 Å². The van der Waals surface area contributed by atoms with Crippen LogP contribution in [-0.4, -0.2) is 63.5 Å². The third-order valence-corrected chi connectivity index (χ3v) is 9.47. The fourth-order valence-corrected chi connectivity index (χ4v) is 6.09. The van der Waals surface area contributed by atoms with Gasteiger partial charge in [0.2, 0.25) is 10.4 Å². The largest absolute Gasteiger partial charge is 1.00 e. The van der Waals surface area contributed by atoms with Gasteiger partial charge in [0.1, 0.15) is 13.2 Å². The summed E-state index contributed by atoms with van der Waals surface area (Å²) in [5, 5.41) is 2.25. The van der Waals surface area contributed by atoms with E-state index in [0.717, 1.165) is 77.0 Å². The maximum absolute atomic E-state index is 12.4. The zero-order chi connectivity index (χ0) is 39.8. The van der Waals surface area contributed by atoms with Crippen molar-refractivity contribution in [1.29, 1.82) is 0 Å². The Bertz CT molecular complexity index is 1010. The molecule has 0 aromatic heterocycles. The van der Waals surface area contributed by atoms with Crippen molar-refractivity contribution in [2.45, 2.75) is 200 Å². The summed E-state index contributed by atoms with van der Waals surface area (Å²) in [5.41, 5.74) is 0. The summed E-state index contributed by atoms with van der Waals surface area (Å²) >= 11 is 0. The molecule has 0 atom stereocenters. The van der Waals surface area contributed by atoms with Gasteiger partial charge in [0.05, 0.1) is 6.61 Å². The molecule has 0 heterocycles. The van der Waals surface area contributed by atoms with Crippen LogP contribution in [0.3, 0.4) is 0 Å². The van der Waals surface area contributed by atoms with Gasteiger partial charge in [-0.2, -0.15) is 0 Å². The minimum absolute atomic E-state index is 0. The summed E-state index contributed by atoms with van der Waals surface area (Å²) in [6, 6.07) is 0. The van der Waals surface area contributed by atoms with Crippen LogP contribution in [0.2, 0.25) is 0 Å². The van der Waals surface area contributed by atoms with Gasteiger partial charge in [-0.15, -0.1) is 0 Å². The Morgan fingerprint density at radius 3 is 1.27 bits per heavy atom. The second-order valence-corrected chi connectivity index (χ2v) is 15.3. The van der Waals surface area contributed by atoms with Gasteiger partial charge < -0.3 is 24.1 Å². The molecule has 11 nitrogen and oxygen atoms in total. The van der Waals surface area contributed by atoms with Gasteiger partial charge in [-0.25, -0.2) is 13.2 Å². The molecule has 0 aromatic carbocycles. The number of hydrogen-bond acceptors (Lipinski definition) is 10. The fourth-order valence-electron chi connectivity index (χ4n) is 5.80. The van der Waals surface area contributed by atoms with Crippen molar-refractivity contribution in [3.63, 3.8) is 0 Å². The predicted molar refractivity (Wildman–Crippen MR) is 215 cm³/mol. The Labute approximate surface area is 357 Å². The van der Waals surface area contributed by atoms with Crippen molar-refractivity contribution < 1.29 is 75.3 Å². The van der Waals surface area contributed by atoms with Crippen molar-refractivity contribution in [3.8, 4) is 0 Å². The van der Waals surface area contributed by atoms with Gasteiger partial charge >= 0.3 is 47.6 Å². The third kappa shape index (κ3) is 45.1. The van der Waals surface area contributed by atoms with Crippen molar-refractivity contribution in [1.82, 2.24) is 5.32 Å². The van der Waals surface area contributed by atoms with Gasteiger partial charge in [-0.05, 0) is 64.2 Å². The van der Waals surface area contributed by atoms with Crippen LogP contribution in [0.5, 0.6) is 0 Å². The van der Waals surface area contributed by atoms with Crippen LogP contribution in [0.25, 0.3) is 0 Å². The first-order valence-electron chi connectivity index (χ1n) is 21.3. The van der Waals surface area contributed by atoms with Crippen LogP contribution in [-0.2, 0) is 38.4 Å². The van der Waals surface area contributed by atoms with Crippen molar-refractivity contribution in [2.75, 3.05) is 26.4 Å². The number of alkyl carbamates (subject to hydrolysis) is 1. The standard InChI is InChI=1S/C42H77NO10S.Na/c1-3-5-7-9-11-13-15-17-19-21-23-25-27-29-31-33-40(44)50-37-39(53-42(46)43-35-36-52-54(47,48)49)38-51-41(45)34-32-30-28-26-24-22-20-18-16-14-12-10-8-6-4-2;/h17-20,39H,3-16,21-38H2,1-2H3,(H,43,46)(H,47,48,49);/q;+1/p-1/b19-17+,20-18+;. The number of nitrogens with one attached hydrogen (secondary N) is 1. The number of unbranched alkanes of at least 4 members (excludes halogenated alkanes) is 22. The predicted octanol–water partition coefficient (Wildman–Crippen LogP) is 7.72. The normalized spacial score (nSPS) is 11.6. The molecule has 316 valence electrons. The number of rotatable bonds is 39. The first kappa shape index (κ1) is 55.7. The molecule has 0 aliphatic heterocycles. The number of carbonyl (C=O) groups excluding carboxylic acids is 3. The topological polar surface area (TPSA) is 157 Å². The number of esters is 2. The Kier molecular flexibility index (Phi) is 42.7. The number of ether oxygens (including phenoxy) is 3. The Morgan fingerprint density at radius 1 is 0.564 bits per heavy atom. The zero-order valence-electron chi connectivity index (χ0n) is 35.0. The van der Waals surface area contributed by atoms with E-state index in [-0.39, 0.29) is 62.2 Å². The minimum atomic E-state index is -4.89. The van der Waals surface area contributed by atoms with Crippen LogP contribution in [0.1, 0.15) is 194 Å². The quantitative estimate of drug-likeness (QED) is 0.0124. The molecule has 0 unspecified atom stereocenters. The maximum Gasteiger partial charge on any atom is 1.00 e. The number of carbonyl (C=O) groups is 3. The fraction of sp³-hybridized carbons (Fsp3) is 0.833. The first-order valence-corrected chi connectivity index (χ1v) is 22.7. The van der Waals surface area contributed by atoms with E-state index < -0.39 is 41.1 Å². The molecule has 0 saturated heterocycles. The smallest absolute Gasteiger partial charge is 0.726 e. The van der Waals surface area contributed by atoms with Crippen molar-refractivity contribution in [3.05, 3.63) is 24.3 Å². The van der Waals surface area contributed by atoms with Crippen LogP contribution in [0, 0.1) is 0 Å². The Morgan fingerprint density at radius 2 is 0.909 bits per heavy atom. The summed E-state index contributed by atoms with van der Waals surface area (Å²) in [6.07, 6.45) is 37.6. The summed E-state index contributed by atoms with van der Waals surface area (Å²) in [6.45, 7) is 2.99. The molecule has 0 saturated carbocycles. The third-order valence-electron chi connectivity index (χ3n) is 9.02. The van der Waals surface area contributed by atoms with E-state index in [0.29, 0.717) is 12.8 Å². The second kappa shape index (κ2) is 42.2. The molecule has 0 aliphatic rings. The SMILES string of the molecule is CCCCCCCC/C=C/CCCCCCCC(=O)OCC(COC(=O)CCCCCCC/C=C/CCCCCCCC)OC(=O)NCCOS(=O)(=O)[O-].[Na+]. The molecule has 0 aromatic rings. The summed E-state index contributed by atoms with van der Waals surface area (Å²) in [4.78, 5) is 37.0. The van der Waals surface area contributed by atoms with E-state index in [2.05, 4.69) is 47.7 Å². The molecule has 0 rings (SSSR count). The van der Waals surface area contributed by atoms with E-state index in [4.69, 9.17) is 14.2 Å². The molecular formula is C42H76NNaO10S. The van der Waals surface area contributed by atoms with Crippen LogP contribution in [0.15, 0.2) is 24.3 Å². The molecule has 1 N–H and O–H groups in total. The summed E-state index contributed by atoms with van der Waals surface area (Å²) in [5.74, 6) is -0.870. The van der Waals surface area contributed by atoms with Gasteiger partial charge in [0, 0.05) is 19.4 Å². The van der Waals surface area contributed by atoms with E-state index >= 15 is 0 Å². The first-order chi connectivity index (χ1) is 26.2. The Balaban J connectivity index is 0. The monoisotopic (exact) mass is 810 g/mol. The minimum Gasteiger partial charge on any atom is -0.726 e. The average Bonchev–Trinajstić information content (AvgIpc) is 3.14. The van der Waals surface area contributed by atoms with Crippen molar-refractivity contribution in [2.24, 2.45) is 0 Å². The molecule has 55 heavy (non-hydrogen) atoms. The zero-order valence-corrected chi connectivity index (χ0v) is 37.8. The van der Waals surface area contributed by atoms with Gasteiger partial charge in [-0.3, -0.25) is 13.8 Å². The van der Waals surface area contributed by atoms with E-state index in [1.165, 1.54) is 77.0 Å². The molecule has 13 heteroatoms. The van der Waals surface area contributed by atoms with Gasteiger partial charge in [0.15, 0.2) is 6.10 Å². The van der Waals surface area contributed by atoms with Gasteiger partial charge in [-0.1, -0.05) is 141 Å². The molecule has 0 aliphatic carbocycles. The number of allylic oxidation sites excluding steroid dienone is 4. The second-order valence-electron chi connectivity index (χ2n) is 14.2. The van der Waals surface area contributed by atoms with Crippen LogP contribution in [0.4, 0.5) is 4.79 Å². The molecule has 0 bridgehead atoms. The van der Waals surface area contributed by atoms with E-state index in [1.807, 2.05) is 0 Å². The molecule has 1 amide bonds. The molecule has 0 spiro atoms. The Hall–Kier alpha value is -1.44. The number of amides is 1. The van der Waals surface area contributed by atoms with Crippen LogP contribution >= 0.6 is 0 Å². The molecule has 0 fully saturated rings. The summed E-state index contributed by atoms with van der Waals surface area (Å²) < 4.78 is 51.7. The average molecular weight is 810 g/mol.